The third-order valence-corrected chi connectivity index (χ3v) is 2.17. The average Bonchev–Trinajstić information content (AvgIpc) is 2.15. The lowest BCUT2D eigenvalue weighted by atomic mass is 10.3. The third kappa shape index (κ3) is 2.58. The molecule has 0 amide bonds. The number of rotatable bonds is 4. The summed E-state index contributed by atoms with van der Waals surface area (Å²) in [6, 6.07) is 1.29. The summed E-state index contributed by atoms with van der Waals surface area (Å²) in [6.07, 6.45) is 2.44. The van der Waals surface area contributed by atoms with E-state index in [0.717, 1.165) is 19.5 Å². The molecule has 0 fully saturated rings. The summed E-state index contributed by atoms with van der Waals surface area (Å²) in [7, 11) is 0. The summed E-state index contributed by atoms with van der Waals surface area (Å²) < 4.78 is 13.4. The van der Waals surface area contributed by atoms with Gasteiger partial charge in [-0.15, -0.1) is 0 Å². The highest BCUT2D eigenvalue weighted by Crippen LogP contribution is 2.19. The van der Waals surface area contributed by atoms with Gasteiger partial charge in [0, 0.05) is 19.3 Å². The number of nitrogens with zero attached hydrogens (tertiary/aromatic N) is 2. The molecular formula is C10H14ClFN2. The summed E-state index contributed by atoms with van der Waals surface area (Å²) in [6.45, 7) is 5.59. The van der Waals surface area contributed by atoms with Crippen molar-refractivity contribution < 1.29 is 4.39 Å². The average molecular weight is 217 g/mol. The standard InChI is InChI=1S/C10H14ClFN2/c1-3-5-14(4-2)10-9(12)6-8(11)7-13-10/h6-7H,3-5H2,1-2H3. The van der Waals surface area contributed by atoms with Gasteiger partial charge in [0.15, 0.2) is 11.6 Å². The van der Waals surface area contributed by atoms with E-state index in [1.165, 1.54) is 12.3 Å². The van der Waals surface area contributed by atoms with Crippen molar-refractivity contribution in [1.82, 2.24) is 4.98 Å². The van der Waals surface area contributed by atoms with Crippen LogP contribution in [0.3, 0.4) is 0 Å². The summed E-state index contributed by atoms with van der Waals surface area (Å²) in [4.78, 5) is 5.88. The molecule has 1 heterocycles. The Morgan fingerprint density at radius 2 is 2.21 bits per heavy atom. The van der Waals surface area contributed by atoms with Gasteiger partial charge in [0.2, 0.25) is 0 Å². The first-order chi connectivity index (χ1) is 6.69. The zero-order valence-electron chi connectivity index (χ0n) is 8.43. The van der Waals surface area contributed by atoms with Crippen LogP contribution in [0.5, 0.6) is 0 Å². The van der Waals surface area contributed by atoms with E-state index >= 15 is 0 Å². The second-order valence-corrected chi connectivity index (χ2v) is 3.48. The molecule has 4 heteroatoms. The minimum Gasteiger partial charge on any atom is -0.354 e. The molecule has 2 nitrogen and oxygen atoms in total. The molecule has 0 aliphatic carbocycles. The SMILES string of the molecule is CCCN(CC)c1ncc(Cl)cc1F. The number of hydrogen-bond acceptors (Lipinski definition) is 2. The first kappa shape index (κ1) is 11.2. The largest absolute Gasteiger partial charge is 0.354 e. The quantitative estimate of drug-likeness (QED) is 0.769. The maximum atomic E-state index is 13.4. The van der Waals surface area contributed by atoms with Crippen LogP contribution in [0.1, 0.15) is 20.3 Å². The smallest absolute Gasteiger partial charge is 0.167 e. The molecule has 0 N–H and O–H groups in total. The molecule has 78 valence electrons. The van der Waals surface area contributed by atoms with E-state index in [2.05, 4.69) is 11.9 Å². The van der Waals surface area contributed by atoms with Crippen molar-refractivity contribution in [3.63, 3.8) is 0 Å². The Morgan fingerprint density at radius 1 is 1.50 bits per heavy atom. The predicted molar refractivity (Wildman–Crippen MR) is 57.4 cm³/mol. The monoisotopic (exact) mass is 216 g/mol. The lowest BCUT2D eigenvalue weighted by molar-refractivity contribution is 0.609. The van der Waals surface area contributed by atoms with Crippen LogP contribution in [0, 0.1) is 5.82 Å². The molecule has 0 spiro atoms. The zero-order chi connectivity index (χ0) is 10.6. The molecule has 1 rings (SSSR count). The van der Waals surface area contributed by atoms with Crippen LogP contribution >= 0.6 is 11.6 Å². The van der Waals surface area contributed by atoms with Crippen LogP contribution < -0.4 is 4.90 Å². The second-order valence-electron chi connectivity index (χ2n) is 3.04. The second kappa shape index (κ2) is 5.15. The van der Waals surface area contributed by atoms with Crippen molar-refractivity contribution in [2.75, 3.05) is 18.0 Å². The lowest BCUT2D eigenvalue weighted by Crippen LogP contribution is -2.25. The van der Waals surface area contributed by atoms with Gasteiger partial charge in [0.1, 0.15) is 0 Å². The van der Waals surface area contributed by atoms with Gasteiger partial charge in [0.25, 0.3) is 0 Å². The molecule has 0 aromatic carbocycles. The van der Waals surface area contributed by atoms with E-state index in [-0.39, 0.29) is 5.82 Å². The van der Waals surface area contributed by atoms with Gasteiger partial charge in [-0.05, 0) is 19.4 Å². The van der Waals surface area contributed by atoms with Crippen LogP contribution in [0.4, 0.5) is 10.2 Å². The van der Waals surface area contributed by atoms with Crippen molar-refractivity contribution in [3.8, 4) is 0 Å². The Labute approximate surface area is 88.7 Å². The maximum absolute atomic E-state index is 13.4. The topological polar surface area (TPSA) is 16.1 Å². The molecule has 0 atom stereocenters. The minimum atomic E-state index is -0.354. The molecule has 0 radical (unpaired) electrons. The summed E-state index contributed by atoms with van der Waals surface area (Å²) in [5.41, 5.74) is 0. The van der Waals surface area contributed by atoms with Gasteiger partial charge in [-0.25, -0.2) is 9.37 Å². The highest BCUT2D eigenvalue weighted by molar-refractivity contribution is 6.30. The fourth-order valence-corrected chi connectivity index (χ4v) is 1.47. The first-order valence-electron chi connectivity index (χ1n) is 4.75. The van der Waals surface area contributed by atoms with Crippen LogP contribution in [0.15, 0.2) is 12.3 Å². The Bertz CT molecular complexity index is 304. The summed E-state index contributed by atoms with van der Waals surface area (Å²) >= 11 is 5.62. The summed E-state index contributed by atoms with van der Waals surface area (Å²) in [5, 5.41) is 0.332. The Kier molecular flexibility index (Phi) is 4.14. The zero-order valence-corrected chi connectivity index (χ0v) is 9.18. The van der Waals surface area contributed by atoms with Gasteiger partial charge >= 0.3 is 0 Å². The normalized spacial score (nSPS) is 10.3. The first-order valence-corrected chi connectivity index (χ1v) is 5.12. The van der Waals surface area contributed by atoms with Gasteiger partial charge in [-0.1, -0.05) is 18.5 Å². The fraction of sp³-hybridized carbons (Fsp3) is 0.500. The van der Waals surface area contributed by atoms with E-state index in [1.807, 2.05) is 11.8 Å². The van der Waals surface area contributed by atoms with E-state index in [0.29, 0.717) is 10.8 Å². The predicted octanol–water partition coefficient (Wildman–Crippen LogP) is 3.11. The summed E-state index contributed by atoms with van der Waals surface area (Å²) in [5.74, 6) is 0.0338. The third-order valence-electron chi connectivity index (χ3n) is 1.96. The number of pyridine rings is 1. The fourth-order valence-electron chi connectivity index (χ4n) is 1.32. The van der Waals surface area contributed by atoms with Gasteiger partial charge in [-0.2, -0.15) is 0 Å². The maximum Gasteiger partial charge on any atom is 0.167 e. The van der Waals surface area contributed by atoms with Crippen LogP contribution in [-0.4, -0.2) is 18.1 Å². The molecule has 0 unspecified atom stereocenters. The van der Waals surface area contributed by atoms with E-state index in [9.17, 15) is 4.39 Å². The molecule has 0 aliphatic heterocycles. The minimum absolute atomic E-state index is 0.332. The Hall–Kier alpha value is -0.830. The van der Waals surface area contributed by atoms with Crippen molar-refractivity contribution >= 4 is 17.4 Å². The molecular weight excluding hydrogens is 203 g/mol. The highest BCUT2D eigenvalue weighted by atomic mass is 35.5. The molecule has 0 bridgehead atoms. The van der Waals surface area contributed by atoms with E-state index in [1.54, 1.807) is 0 Å². The van der Waals surface area contributed by atoms with Gasteiger partial charge < -0.3 is 4.90 Å². The molecule has 1 aromatic rings. The molecule has 0 aliphatic rings. The molecule has 0 saturated carbocycles. The van der Waals surface area contributed by atoms with Crippen molar-refractivity contribution in [2.24, 2.45) is 0 Å². The van der Waals surface area contributed by atoms with Crippen LogP contribution in [0.2, 0.25) is 5.02 Å². The Morgan fingerprint density at radius 3 is 2.71 bits per heavy atom. The van der Waals surface area contributed by atoms with Crippen molar-refractivity contribution in [3.05, 3.63) is 23.1 Å². The van der Waals surface area contributed by atoms with Gasteiger partial charge in [-0.3, -0.25) is 0 Å². The lowest BCUT2D eigenvalue weighted by Gasteiger charge is -2.21. The van der Waals surface area contributed by atoms with Crippen LogP contribution in [0.25, 0.3) is 0 Å². The van der Waals surface area contributed by atoms with E-state index < -0.39 is 0 Å². The van der Waals surface area contributed by atoms with Gasteiger partial charge in [0.05, 0.1) is 5.02 Å². The van der Waals surface area contributed by atoms with E-state index in [4.69, 9.17) is 11.6 Å². The molecule has 0 saturated heterocycles. The number of halogens is 2. The molecule has 1 aromatic heterocycles. The van der Waals surface area contributed by atoms with Crippen molar-refractivity contribution in [2.45, 2.75) is 20.3 Å². The molecule has 14 heavy (non-hydrogen) atoms. The number of hydrogen-bond donors (Lipinski definition) is 0. The number of aromatic nitrogens is 1. The Balaban J connectivity index is 2.92. The number of anilines is 1. The highest BCUT2D eigenvalue weighted by Gasteiger charge is 2.10. The van der Waals surface area contributed by atoms with Crippen molar-refractivity contribution in [1.29, 1.82) is 0 Å². The van der Waals surface area contributed by atoms with Crippen LogP contribution in [-0.2, 0) is 0 Å².